The SMILES string of the molecule is CC(=O)Nc1cccc(OCCNC2=NCCCN2)c1.I. The van der Waals surface area contributed by atoms with Crippen LogP contribution in [0.2, 0.25) is 0 Å². The number of aliphatic imine (C=N–C) groups is 1. The van der Waals surface area contributed by atoms with Crippen molar-refractivity contribution >= 4 is 41.5 Å². The normalized spacial score (nSPS) is 13.3. The molecule has 116 valence electrons. The Morgan fingerprint density at radius 3 is 3.05 bits per heavy atom. The van der Waals surface area contributed by atoms with Crippen molar-refractivity contribution in [2.75, 3.05) is 31.6 Å². The monoisotopic (exact) mass is 404 g/mol. The molecule has 1 amide bonds. The molecule has 0 spiro atoms. The van der Waals surface area contributed by atoms with E-state index in [1.807, 2.05) is 18.2 Å². The number of benzene rings is 1. The number of guanidine groups is 1. The highest BCUT2D eigenvalue weighted by atomic mass is 127. The second-order valence-corrected chi connectivity index (χ2v) is 4.49. The molecule has 7 heteroatoms. The Labute approximate surface area is 141 Å². The number of hydrogen-bond acceptors (Lipinski definition) is 5. The second kappa shape index (κ2) is 9.43. The van der Waals surface area contributed by atoms with Gasteiger partial charge < -0.3 is 20.7 Å². The average Bonchev–Trinajstić information content (AvgIpc) is 2.44. The van der Waals surface area contributed by atoms with Gasteiger partial charge in [0, 0.05) is 31.8 Å². The number of nitrogens with one attached hydrogen (secondary N) is 3. The minimum Gasteiger partial charge on any atom is -0.492 e. The molecule has 3 N–H and O–H groups in total. The van der Waals surface area contributed by atoms with Crippen LogP contribution < -0.4 is 20.7 Å². The molecule has 1 aliphatic rings. The maximum Gasteiger partial charge on any atom is 0.221 e. The van der Waals surface area contributed by atoms with Crippen molar-refractivity contribution in [1.29, 1.82) is 0 Å². The number of anilines is 1. The summed E-state index contributed by atoms with van der Waals surface area (Å²) in [4.78, 5) is 15.3. The number of rotatable bonds is 5. The fraction of sp³-hybridized carbons (Fsp3) is 0.429. The predicted octanol–water partition coefficient (Wildman–Crippen LogP) is 1.58. The first-order valence-electron chi connectivity index (χ1n) is 6.77. The zero-order valence-corrected chi connectivity index (χ0v) is 14.3. The molecule has 0 bridgehead atoms. The van der Waals surface area contributed by atoms with Crippen molar-refractivity contribution in [3.8, 4) is 5.75 Å². The van der Waals surface area contributed by atoms with Crippen LogP contribution in [-0.4, -0.2) is 38.1 Å². The van der Waals surface area contributed by atoms with Gasteiger partial charge >= 0.3 is 0 Å². The molecule has 0 unspecified atom stereocenters. The number of carbonyl (C=O) groups is 1. The van der Waals surface area contributed by atoms with Crippen molar-refractivity contribution < 1.29 is 9.53 Å². The third-order valence-corrected chi connectivity index (χ3v) is 2.71. The number of ether oxygens (including phenoxy) is 1. The summed E-state index contributed by atoms with van der Waals surface area (Å²) in [5, 5.41) is 9.09. The first-order chi connectivity index (χ1) is 9.74. The molecule has 0 atom stereocenters. The molecule has 2 rings (SSSR count). The van der Waals surface area contributed by atoms with Crippen LogP contribution in [0.3, 0.4) is 0 Å². The van der Waals surface area contributed by atoms with Crippen molar-refractivity contribution in [2.45, 2.75) is 13.3 Å². The molecule has 0 saturated heterocycles. The maximum absolute atomic E-state index is 11.0. The third kappa shape index (κ3) is 6.65. The van der Waals surface area contributed by atoms with Crippen molar-refractivity contribution in [1.82, 2.24) is 10.6 Å². The van der Waals surface area contributed by atoms with E-state index in [0.29, 0.717) is 13.2 Å². The highest BCUT2D eigenvalue weighted by molar-refractivity contribution is 14.0. The number of amides is 1. The van der Waals surface area contributed by atoms with E-state index in [0.717, 1.165) is 36.9 Å². The van der Waals surface area contributed by atoms with Gasteiger partial charge in [-0.2, -0.15) is 0 Å². The molecule has 0 aliphatic carbocycles. The summed E-state index contributed by atoms with van der Waals surface area (Å²) in [6.45, 7) is 4.52. The molecule has 0 aromatic heterocycles. The summed E-state index contributed by atoms with van der Waals surface area (Å²) in [6.07, 6.45) is 1.08. The summed E-state index contributed by atoms with van der Waals surface area (Å²) >= 11 is 0. The fourth-order valence-corrected chi connectivity index (χ4v) is 1.86. The van der Waals surface area contributed by atoms with Crippen LogP contribution in [-0.2, 0) is 4.79 Å². The van der Waals surface area contributed by atoms with Gasteiger partial charge in [0.15, 0.2) is 5.96 Å². The van der Waals surface area contributed by atoms with Gasteiger partial charge in [-0.3, -0.25) is 9.79 Å². The predicted molar refractivity (Wildman–Crippen MR) is 94.6 cm³/mol. The molecule has 1 aromatic rings. The van der Waals surface area contributed by atoms with Crippen LogP contribution in [0.5, 0.6) is 5.75 Å². The van der Waals surface area contributed by atoms with E-state index in [1.54, 1.807) is 6.07 Å². The highest BCUT2D eigenvalue weighted by Gasteiger charge is 2.02. The summed E-state index contributed by atoms with van der Waals surface area (Å²) < 4.78 is 5.62. The molecule has 0 fully saturated rings. The van der Waals surface area contributed by atoms with E-state index in [1.165, 1.54) is 6.92 Å². The third-order valence-electron chi connectivity index (χ3n) is 2.71. The molecule has 6 nitrogen and oxygen atoms in total. The van der Waals surface area contributed by atoms with Gasteiger partial charge in [-0.1, -0.05) is 6.07 Å². The Morgan fingerprint density at radius 1 is 1.48 bits per heavy atom. The Bertz CT molecular complexity index is 494. The van der Waals surface area contributed by atoms with Gasteiger partial charge in [0.2, 0.25) is 5.91 Å². The second-order valence-electron chi connectivity index (χ2n) is 4.49. The van der Waals surface area contributed by atoms with E-state index in [2.05, 4.69) is 20.9 Å². The average molecular weight is 404 g/mol. The van der Waals surface area contributed by atoms with E-state index in [9.17, 15) is 4.79 Å². The zero-order valence-electron chi connectivity index (χ0n) is 12.0. The van der Waals surface area contributed by atoms with Gasteiger partial charge in [0.05, 0.1) is 6.54 Å². The van der Waals surface area contributed by atoms with E-state index >= 15 is 0 Å². The lowest BCUT2D eigenvalue weighted by molar-refractivity contribution is -0.114. The van der Waals surface area contributed by atoms with Crippen LogP contribution in [0.1, 0.15) is 13.3 Å². The van der Waals surface area contributed by atoms with Crippen molar-refractivity contribution in [2.24, 2.45) is 4.99 Å². The largest absolute Gasteiger partial charge is 0.492 e. The first-order valence-corrected chi connectivity index (χ1v) is 6.77. The van der Waals surface area contributed by atoms with Crippen LogP contribution >= 0.6 is 24.0 Å². The molecular weight excluding hydrogens is 383 g/mol. The first kappa shape index (κ1) is 17.5. The van der Waals surface area contributed by atoms with Gasteiger partial charge in [-0.05, 0) is 18.6 Å². The summed E-state index contributed by atoms with van der Waals surface area (Å²) in [5.74, 6) is 1.48. The Balaban J connectivity index is 0.00000220. The van der Waals surface area contributed by atoms with Crippen LogP contribution in [0, 0.1) is 0 Å². The fourth-order valence-electron chi connectivity index (χ4n) is 1.86. The van der Waals surface area contributed by atoms with Gasteiger partial charge in [-0.25, -0.2) is 0 Å². The van der Waals surface area contributed by atoms with E-state index in [4.69, 9.17) is 4.74 Å². The van der Waals surface area contributed by atoms with Crippen molar-refractivity contribution in [3.63, 3.8) is 0 Å². The van der Waals surface area contributed by atoms with Crippen LogP contribution in [0.25, 0.3) is 0 Å². The lowest BCUT2D eigenvalue weighted by Crippen LogP contribution is -2.42. The van der Waals surface area contributed by atoms with Gasteiger partial charge in [-0.15, -0.1) is 24.0 Å². The van der Waals surface area contributed by atoms with E-state index < -0.39 is 0 Å². The quantitative estimate of drug-likeness (QED) is 0.515. The lowest BCUT2D eigenvalue weighted by atomic mass is 10.3. The van der Waals surface area contributed by atoms with Gasteiger partial charge in [0.1, 0.15) is 12.4 Å². The molecular formula is C14H21IN4O2. The number of hydrogen-bond donors (Lipinski definition) is 3. The number of carbonyl (C=O) groups excluding carboxylic acids is 1. The molecule has 1 heterocycles. The smallest absolute Gasteiger partial charge is 0.221 e. The molecule has 0 radical (unpaired) electrons. The minimum atomic E-state index is -0.0924. The maximum atomic E-state index is 11.0. The Morgan fingerprint density at radius 2 is 2.33 bits per heavy atom. The minimum absolute atomic E-state index is 0. The Kier molecular flexibility index (Phi) is 7.88. The van der Waals surface area contributed by atoms with E-state index in [-0.39, 0.29) is 29.9 Å². The lowest BCUT2D eigenvalue weighted by Gasteiger charge is -2.16. The summed E-state index contributed by atoms with van der Waals surface area (Å²) in [5.41, 5.74) is 0.737. The standard InChI is InChI=1S/C14H20N4O2.HI/c1-11(19)18-12-4-2-5-13(10-12)20-9-8-17-14-15-6-3-7-16-14;/h2,4-5,10H,3,6-9H2,1H3,(H,18,19)(H2,15,16,17);1H. The van der Waals surface area contributed by atoms with Crippen LogP contribution in [0.15, 0.2) is 29.3 Å². The summed E-state index contributed by atoms with van der Waals surface area (Å²) in [7, 11) is 0. The zero-order chi connectivity index (χ0) is 14.2. The highest BCUT2D eigenvalue weighted by Crippen LogP contribution is 2.16. The van der Waals surface area contributed by atoms with Crippen LogP contribution in [0.4, 0.5) is 5.69 Å². The van der Waals surface area contributed by atoms with Gasteiger partial charge in [0.25, 0.3) is 0 Å². The molecule has 1 aliphatic heterocycles. The number of halogens is 1. The molecule has 21 heavy (non-hydrogen) atoms. The van der Waals surface area contributed by atoms with Crippen molar-refractivity contribution in [3.05, 3.63) is 24.3 Å². The summed E-state index contributed by atoms with van der Waals surface area (Å²) in [6, 6.07) is 7.34. The molecule has 1 aromatic carbocycles. The Hall–Kier alpha value is -1.51. The topological polar surface area (TPSA) is 74.8 Å². The molecule has 0 saturated carbocycles. The number of nitrogens with zero attached hydrogens (tertiary/aromatic N) is 1.